The number of nitrogens with one attached hydrogen (secondary N) is 1. The maximum atomic E-state index is 5.98. The molecule has 0 atom stereocenters. The van der Waals surface area contributed by atoms with E-state index in [1.807, 2.05) is 24.3 Å². The Bertz CT molecular complexity index is 462. The third-order valence-electron chi connectivity index (χ3n) is 3.90. The highest BCUT2D eigenvalue weighted by atomic mass is 16.5. The highest BCUT2D eigenvalue weighted by molar-refractivity contribution is 5.78. The molecule has 0 radical (unpaired) electrons. The van der Waals surface area contributed by atoms with Crippen LogP contribution in [0.4, 0.5) is 0 Å². The van der Waals surface area contributed by atoms with Gasteiger partial charge in [0, 0.05) is 6.04 Å². The Labute approximate surface area is 134 Å². The van der Waals surface area contributed by atoms with Gasteiger partial charge in [0.15, 0.2) is 5.96 Å². The number of nitrogens with zero attached hydrogens (tertiary/aromatic N) is 1. The standard InChI is InChI=1S/C18H29N3O/c1-14(2)13-22-17-10-8-15(9-11-17)12-20-18(19)21-16-6-4-3-5-7-16/h8-11,14,16H,3-7,12-13H2,1-2H3,(H3,19,20,21). The lowest BCUT2D eigenvalue weighted by Crippen LogP contribution is -2.41. The monoisotopic (exact) mass is 303 g/mol. The van der Waals surface area contributed by atoms with E-state index in [2.05, 4.69) is 24.2 Å². The maximum Gasteiger partial charge on any atom is 0.189 e. The van der Waals surface area contributed by atoms with Crippen LogP contribution in [-0.2, 0) is 6.54 Å². The number of benzene rings is 1. The van der Waals surface area contributed by atoms with Crippen molar-refractivity contribution in [3.63, 3.8) is 0 Å². The van der Waals surface area contributed by atoms with E-state index in [1.54, 1.807) is 0 Å². The minimum absolute atomic E-state index is 0.504. The van der Waals surface area contributed by atoms with Crippen LogP contribution in [-0.4, -0.2) is 18.6 Å². The number of guanidine groups is 1. The van der Waals surface area contributed by atoms with Gasteiger partial charge < -0.3 is 15.8 Å². The summed E-state index contributed by atoms with van der Waals surface area (Å²) in [7, 11) is 0. The number of hydrogen-bond donors (Lipinski definition) is 2. The fraction of sp³-hybridized carbons (Fsp3) is 0.611. The van der Waals surface area contributed by atoms with Crippen LogP contribution in [0.2, 0.25) is 0 Å². The fourth-order valence-electron chi connectivity index (χ4n) is 2.63. The van der Waals surface area contributed by atoms with Gasteiger partial charge in [0.1, 0.15) is 5.75 Å². The molecule has 0 spiro atoms. The number of rotatable bonds is 6. The molecule has 122 valence electrons. The van der Waals surface area contributed by atoms with Gasteiger partial charge in [-0.2, -0.15) is 0 Å². The predicted octanol–water partition coefficient (Wildman–Crippen LogP) is 3.46. The van der Waals surface area contributed by atoms with Gasteiger partial charge in [-0.3, -0.25) is 0 Å². The Morgan fingerprint density at radius 2 is 1.91 bits per heavy atom. The lowest BCUT2D eigenvalue weighted by atomic mass is 9.96. The third-order valence-corrected chi connectivity index (χ3v) is 3.90. The van der Waals surface area contributed by atoms with Gasteiger partial charge >= 0.3 is 0 Å². The Balaban J connectivity index is 1.78. The topological polar surface area (TPSA) is 59.6 Å². The van der Waals surface area contributed by atoms with Crippen LogP contribution in [0.25, 0.3) is 0 Å². The van der Waals surface area contributed by atoms with Crippen LogP contribution < -0.4 is 15.8 Å². The zero-order valence-electron chi connectivity index (χ0n) is 13.8. The highest BCUT2D eigenvalue weighted by Gasteiger charge is 2.13. The van der Waals surface area contributed by atoms with Gasteiger partial charge in [0.05, 0.1) is 13.2 Å². The Morgan fingerprint density at radius 1 is 1.23 bits per heavy atom. The third kappa shape index (κ3) is 5.96. The van der Waals surface area contributed by atoms with E-state index >= 15 is 0 Å². The molecule has 1 aromatic rings. The highest BCUT2D eigenvalue weighted by Crippen LogP contribution is 2.17. The first-order valence-electron chi connectivity index (χ1n) is 8.41. The first kappa shape index (κ1) is 16.7. The summed E-state index contributed by atoms with van der Waals surface area (Å²) in [5, 5.41) is 3.34. The summed E-state index contributed by atoms with van der Waals surface area (Å²) in [4.78, 5) is 4.43. The Hall–Kier alpha value is -1.71. The molecular weight excluding hydrogens is 274 g/mol. The van der Waals surface area contributed by atoms with Crippen molar-refractivity contribution >= 4 is 5.96 Å². The van der Waals surface area contributed by atoms with E-state index < -0.39 is 0 Å². The summed E-state index contributed by atoms with van der Waals surface area (Å²) < 4.78 is 5.68. The molecular formula is C18H29N3O. The first-order valence-corrected chi connectivity index (χ1v) is 8.41. The molecule has 1 fully saturated rings. The van der Waals surface area contributed by atoms with Crippen LogP contribution in [0.5, 0.6) is 5.75 Å². The molecule has 1 aliphatic carbocycles. The molecule has 0 unspecified atom stereocenters. The average molecular weight is 303 g/mol. The second-order valence-electron chi connectivity index (χ2n) is 6.53. The minimum Gasteiger partial charge on any atom is -0.493 e. The molecule has 2 rings (SSSR count). The minimum atomic E-state index is 0.504. The molecule has 0 aromatic heterocycles. The van der Waals surface area contributed by atoms with Gasteiger partial charge in [0.25, 0.3) is 0 Å². The summed E-state index contributed by atoms with van der Waals surface area (Å²) in [5.41, 5.74) is 7.12. The van der Waals surface area contributed by atoms with Crippen molar-refractivity contribution in [2.75, 3.05) is 6.61 Å². The van der Waals surface area contributed by atoms with Crippen molar-refractivity contribution in [1.29, 1.82) is 0 Å². The smallest absolute Gasteiger partial charge is 0.189 e. The van der Waals surface area contributed by atoms with Crippen molar-refractivity contribution in [1.82, 2.24) is 5.32 Å². The van der Waals surface area contributed by atoms with Crippen LogP contribution in [0.15, 0.2) is 29.3 Å². The molecule has 0 aliphatic heterocycles. The van der Waals surface area contributed by atoms with Gasteiger partial charge in [-0.05, 0) is 36.5 Å². The number of aliphatic imine (C=N–C) groups is 1. The van der Waals surface area contributed by atoms with Gasteiger partial charge in [-0.25, -0.2) is 4.99 Å². The molecule has 0 saturated heterocycles. The average Bonchev–Trinajstić information content (AvgIpc) is 2.53. The summed E-state index contributed by atoms with van der Waals surface area (Å²) in [5.74, 6) is 2.01. The second kappa shape index (κ2) is 8.66. The molecule has 4 heteroatoms. The molecule has 1 aliphatic rings. The summed E-state index contributed by atoms with van der Waals surface area (Å²) in [6, 6.07) is 8.60. The lowest BCUT2D eigenvalue weighted by molar-refractivity contribution is 0.271. The normalized spacial score (nSPS) is 16.8. The zero-order chi connectivity index (χ0) is 15.8. The van der Waals surface area contributed by atoms with Gasteiger partial charge in [-0.15, -0.1) is 0 Å². The van der Waals surface area contributed by atoms with E-state index in [0.717, 1.165) is 17.9 Å². The Morgan fingerprint density at radius 3 is 2.55 bits per heavy atom. The molecule has 4 nitrogen and oxygen atoms in total. The molecule has 1 saturated carbocycles. The van der Waals surface area contributed by atoms with Gasteiger partial charge in [-0.1, -0.05) is 45.2 Å². The largest absolute Gasteiger partial charge is 0.493 e. The number of nitrogens with two attached hydrogens (primary N) is 1. The van der Waals surface area contributed by atoms with Crippen LogP contribution in [0.1, 0.15) is 51.5 Å². The summed E-state index contributed by atoms with van der Waals surface area (Å²) in [6.07, 6.45) is 6.35. The molecule has 3 N–H and O–H groups in total. The van der Waals surface area contributed by atoms with Crippen molar-refractivity contribution in [2.24, 2.45) is 16.6 Å². The summed E-state index contributed by atoms with van der Waals surface area (Å²) >= 11 is 0. The van der Waals surface area contributed by atoms with E-state index in [9.17, 15) is 0 Å². The predicted molar refractivity (Wildman–Crippen MR) is 92.1 cm³/mol. The number of hydrogen-bond acceptors (Lipinski definition) is 2. The molecule has 0 heterocycles. The van der Waals surface area contributed by atoms with Crippen LogP contribution in [0, 0.1) is 5.92 Å². The molecule has 22 heavy (non-hydrogen) atoms. The molecule has 0 bridgehead atoms. The first-order chi connectivity index (χ1) is 10.6. The van der Waals surface area contributed by atoms with Crippen LogP contribution >= 0.6 is 0 Å². The van der Waals surface area contributed by atoms with Crippen molar-refractivity contribution in [2.45, 2.75) is 58.5 Å². The molecule has 1 aromatic carbocycles. The van der Waals surface area contributed by atoms with E-state index in [4.69, 9.17) is 10.5 Å². The SMILES string of the molecule is CC(C)COc1ccc(CN=C(N)NC2CCCCC2)cc1. The quantitative estimate of drug-likeness (QED) is 0.625. The number of ether oxygens (including phenoxy) is 1. The van der Waals surface area contributed by atoms with E-state index in [1.165, 1.54) is 32.1 Å². The van der Waals surface area contributed by atoms with E-state index in [-0.39, 0.29) is 0 Å². The second-order valence-corrected chi connectivity index (χ2v) is 6.53. The molecule has 0 amide bonds. The van der Waals surface area contributed by atoms with Crippen molar-refractivity contribution < 1.29 is 4.74 Å². The maximum absolute atomic E-state index is 5.98. The lowest BCUT2D eigenvalue weighted by Gasteiger charge is -2.23. The van der Waals surface area contributed by atoms with E-state index in [0.29, 0.717) is 24.5 Å². The van der Waals surface area contributed by atoms with Crippen molar-refractivity contribution in [3.8, 4) is 5.75 Å². The fourth-order valence-corrected chi connectivity index (χ4v) is 2.63. The van der Waals surface area contributed by atoms with Crippen molar-refractivity contribution in [3.05, 3.63) is 29.8 Å². The zero-order valence-corrected chi connectivity index (χ0v) is 13.8. The van der Waals surface area contributed by atoms with Crippen LogP contribution in [0.3, 0.4) is 0 Å². The Kier molecular flexibility index (Phi) is 6.56. The summed E-state index contributed by atoms with van der Waals surface area (Å²) in [6.45, 7) is 5.64. The van der Waals surface area contributed by atoms with Gasteiger partial charge in [0.2, 0.25) is 0 Å².